The molecule has 0 amide bonds. The first kappa shape index (κ1) is 19.8. The first-order chi connectivity index (χ1) is 9.23. The van der Waals surface area contributed by atoms with E-state index in [9.17, 15) is 10.2 Å². The Morgan fingerprint density at radius 2 is 1.45 bits per heavy atom. The van der Waals surface area contributed by atoms with E-state index in [1.54, 1.807) is 0 Å². The molecule has 0 aliphatic heterocycles. The minimum Gasteiger partial charge on any atom is -0.413 e. The standard InChI is InChI=1S/C16H34O3Si/c1-8-9-15(10-17)16(18)11-19-20(12(2)3,13(4)5)14(6)7/h8-9,12-18H,10-11H2,1-7H3/b9-8+/t15-,16?/m0/s1. The fourth-order valence-electron chi connectivity index (χ4n) is 3.41. The summed E-state index contributed by atoms with van der Waals surface area (Å²) >= 11 is 0. The third-order valence-corrected chi connectivity index (χ3v) is 10.4. The molecule has 0 radical (unpaired) electrons. The second-order valence-corrected chi connectivity index (χ2v) is 12.0. The van der Waals surface area contributed by atoms with Crippen LogP contribution in [0.25, 0.3) is 0 Å². The summed E-state index contributed by atoms with van der Waals surface area (Å²) in [6, 6.07) is 0. The fraction of sp³-hybridized carbons (Fsp3) is 0.875. The van der Waals surface area contributed by atoms with Crippen molar-refractivity contribution in [2.24, 2.45) is 5.92 Å². The summed E-state index contributed by atoms with van der Waals surface area (Å²) in [5, 5.41) is 19.6. The van der Waals surface area contributed by atoms with Crippen molar-refractivity contribution < 1.29 is 14.6 Å². The quantitative estimate of drug-likeness (QED) is 0.504. The second kappa shape index (κ2) is 8.98. The van der Waals surface area contributed by atoms with Crippen molar-refractivity contribution in [2.45, 2.75) is 71.2 Å². The van der Waals surface area contributed by atoms with E-state index in [0.717, 1.165) is 0 Å². The monoisotopic (exact) mass is 302 g/mol. The summed E-state index contributed by atoms with van der Waals surface area (Å²) in [5.41, 5.74) is 1.51. The van der Waals surface area contributed by atoms with Crippen LogP contribution in [0.2, 0.25) is 16.6 Å². The molecule has 4 heteroatoms. The largest absolute Gasteiger partial charge is 0.413 e. The van der Waals surface area contributed by atoms with Crippen LogP contribution in [-0.4, -0.2) is 37.8 Å². The van der Waals surface area contributed by atoms with Gasteiger partial charge in [0.2, 0.25) is 0 Å². The summed E-state index contributed by atoms with van der Waals surface area (Å²) in [5.74, 6) is -0.238. The van der Waals surface area contributed by atoms with Crippen LogP contribution in [-0.2, 0) is 4.43 Å². The zero-order valence-electron chi connectivity index (χ0n) is 14.3. The summed E-state index contributed by atoms with van der Waals surface area (Å²) in [4.78, 5) is 0. The van der Waals surface area contributed by atoms with Crippen LogP contribution in [0.4, 0.5) is 0 Å². The molecule has 0 spiro atoms. The molecule has 0 fully saturated rings. The molecule has 3 nitrogen and oxygen atoms in total. The molecule has 0 aromatic rings. The number of aliphatic hydroxyl groups is 2. The maximum absolute atomic E-state index is 10.2. The molecule has 120 valence electrons. The lowest BCUT2D eigenvalue weighted by Gasteiger charge is -2.43. The van der Waals surface area contributed by atoms with Crippen LogP contribution in [0, 0.1) is 5.92 Å². The highest BCUT2D eigenvalue weighted by molar-refractivity contribution is 6.77. The van der Waals surface area contributed by atoms with E-state index in [4.69, 9.17) is 4.43 Å². The van der Waals surface area contributed by atoms with E-state index in [2.05, 4.69) is 41.5 Å². The molecule has 20 heavy (non-hydrogen) atoms. The van der Waals surface area contributed by atoms with Crippen molar-refractivity contribution in [1.82, 2.24) is 0 Å². The first-order valence-electron chi connectivity index (χ1n) is 7.79. The van der Waals surface area contributed by atoms with Gasteiger partial charge in [-0.1, -0.05) is 53.7 Å². The van der Waals surface area contributed by atoms with Gasteiger partial charge in [-0.3, -0.25) is 0 Å². The highest BCUT2D eigenvalue weighted by Crippen LogP contribution is 2.42. The van der Waals surface area contributed by atoms with Crippen molar-refractivity contribution in [3.63, 3.8) is 0 Å². The molecular formula is C16H34O3Si. The topological polar surface area (TPSA) is 49.7 Å². The number of hydrogen-bond acceptors (Lipinski definition) is 3. The third-order valence-electron chi connectivity index (χ3n) is 4.36. The Morgan fingerprint density at radius 3 is 1.75 bits per heavy atom. The second-order valence-electron chi connectivity index (χ2n) is 6.57. The smallest absolute Gasteiger partial charge is 0.200 e. The first-order valence-corrected chi connectivity index (χ1v) is 9.93. The van der Waals surface area contributed by atoms with E-state index in [1.807, 2.05) is 19.1 Å². The van der Waals surface area contributed by atoms with Gasteiger partial charge in [0.1, 0.15) is 0 Å². The molecule has 1 unspecified atom stereocenters. The van der Waals surface area contributed by atoms with Crippen LogP contribution < -0.4 is 0 Å². The highest BCUT2D eigenvalue weighted by atomic mass is 28.4. The Kier molecular flexibility index (Phi) is 8.90. The van der Waals surface area contributed by atoms with Crippen LogP contribution in [0.1, 0.15) is 48.5 Å². The molecule has 0 aromatic carbocycles. The minimum absolute atomic E-state index is 0.0472. The third kappa shape index (κ3) is 4.69. The predicted octanol–water partition coefficient (Wildman–Crippen LogP) is 3.72. The minimum atomic E-state index is -1.94. The summed E-state index contributed by atoms with van der Waals surface area (Å²) in [6.07, 6.45) is 3.07. The molecule has 0 aliphatic carbocycles. The van der Waals surface area contributed by atoms with Gasteiger partial charge in [0, 0.05) is 5.92 Å². The molecule has 0 heterocycles. The predicted molar refractivity (Wildman–Crippen MR) is 88.4 cm³/mol. The number of aliphatic hydroxyl groups excluding tert-OH is 2. The SMILES string of the molecule is C/C=C/[C@@H](CO)C(O)CO[Si](C(C)C)(C(C)C)C(C)C. The van der Waals surface area contributed by atoms with Crippen molar-refractivity contribution in [1.29, 1.82) is 0 Å². The van der Waals surface area contributed by atoms with E-state index < -0.39 is 14.4 Å². The average molecular weight is 303 g/mol. The molecule has 0 saturated carbocycles. The number of allylic oxidation sites excluding steroid dienone is 1. The summed E-state index contributed by atoms with van der Waals surface area (Å²) < 4.78 is 6.35. The lowest BCUT2D eigenvalue weighted by Crippen LogP contribution is -2.49. The van der Waals surface area contributed by atoms with E-state index in [-0.39, 0.29) is 12.5 Å². The number of rotatable bonds is 9. The van der Waals surface area contributed by atoms with E-state index >= 15 is 0 Å². The van der Waals surface area contributed by atoms with Gasteiger partial charge in [0.25, 0.3) is 0 Å². The Bertz CT molecular complexity index is 266. The van der Waals surface area contributed by atoms with Crippen LogP contribution in [0.3, 0.4) is 0 Å². The summed E-state index contributed by atoms with van der Waals surface area (Å²) in [7, 11) is -1.94. The maximum Gasteiger partial charge on any atom is 0.200 e. The molecule has 0 aromatic heterocycles. The van der Waals surface area contributed by atoms with E-state index in [0.29, 0.717) is 23.2 Å². The van der Waals surface area contributed by atoms with Gasteiger partial charge in [-0.2, -0.15) is 0 Å². The lowest BCUT2D eigenvalue weighted by molar-refractivity contribution is 0.0438. The lowest BCUT2D eigenvalue weighted by atomic mass is 10.0. The van der Waals surface area contributed by atoms with Gasteiger partial charge in [-0.15, -0.1) is 0 Å². The zero-order chi connectivity index (χ0) is 15.9. The number of hydrogen-bond donors (Lipinski definition) is 2. The van der Waals surface area contributed by atoms with Crippen LogP contribution in [0.15, 0.2) is 12.2 Å². The molecule has 0 bridgehead atoms. The van der Waals surface area contributed by atoms with E-state index in [1.165, 1.54) is 0 Å². The molecule has 0 rings (SSSR count). The Balaban J connectivity index is 4.94. The molecule has 0 aliphatic rings. The van der Waals surface area contributed by atoms with Gasteiger partial charge in [-0.05, 0) is 23.5 Å². The van der Waals surface area contributed by atoms with Crippen LogP contribution >= 0.6 is 0 Å². The van der Waals surface area contributed by atoms with Gasteiger partial charge in [-0.25, -0.2) is 0 Å². The van der Waals surface area contributed by atoms with Crippen molar-refractivity contribution >= 4 is 8.32 Å². The molecule has 2 N–H and O–H groups in total. The van der Waals surface area contributed by atoms with Crippen LogP contribution in [0.5, 0.6) is 0 Å². The Labute approximate surface area is 126 Å². The van der Waals surface area contributed by atoms with Gasteiger partial charge >= 0.3 is 0 Å². The van der Waals surface area contributed by atoms with Gasteiger partial charge < -0.3 is 14.6 Å². The normalized spacial score (nSPS) is 16.6. The van der Waals surface area contributed by atoms with Gasteiger partial charge in [0.15, 0.2) is 8.32 Å². The van der Waals surface area contributed by atoms with Gasteiger partial charge in [0.05, 0.1) is 19.3 Å². The molecule has 2 atom stereocenters. The Morgan fingerprint density at radius 1 is 1.00 bits per heavy atom. The highest BCUT2D eigenvalue weighted by Gasteiger charge is 2.45. The van der Waals surface area contributed by atoms with Crippen molar-refractivity contribution in [3.05, 3.63) is 12.2 Å². The average Bonchev–Trinajstić information content (AvgIpc) is 2.34. The fourth-order valence-corrected chi connectivity index (χ4v) is 8.87. The zero-order valence-corrected chi connectivity index (χ0v) is 15.3. The maximum atomic E-state index is 10.2. The van der Waals surface area contributed by atoms with Crippen molar-refractivity contribution in [3.8, 4) is 0 Å². The van der Waals surface area contributed by atoms with Crippen molar-refractivity contribution in [2.75, 3.05) is 13.2 Å². The Hall–Kier alpha value is -0.163. The molecule has 0 saturated heterocycles. The molecular weight excluding hydrogens is 268 g/mol. The summed E-state index contributed by atoms with van der Waals surface area (Å²) in [6.45, 7) is 15.5.